The summed E-state index contributed by atoms with van der Waals surface area (Å²) in [5, 5.41) is 0. The Morgan fingerprint density at radius 1 is 1.38 bits per heavy atom. The zero-order valence-electron chi connectivity index (χ0n) is 9.75. The van der Waals surface area contributed by atoms with Crippen LogP contribution in [-0.4, -0.2) is 13.1 Å². The van der Waals surface area contributed by atoms with E-state index >= 15 is 0 Å². The monoisotopic (exact) mass is 216 g/mol. The number of aryl methyl sites for hydroxylation is 1. The molecule has 2 nitrogen and oxygen atoms in total. The molecule has 0 saturated carbocycles. The van der Waals surface area contributed by atoms with Crippen LogP contribution in [-0.2, 0) is 11.2 Å². The third-order valence-corrected chi connectivity index (χ3v) is 3.05. The third kappa shape index (κ3) is 2.01. The van der Waals surface area contributed by atoms with E-state index in [-0.39, 0.29) is 5.97 Å². The zero-order valence-corrected chi connectivity index (χ0v) is 9.75. The second kappa shape index (κ2) is 4.52. The van der Waals surface area contributed by atoms with Gasteiger partial charge in [0.05, 0.1) is 12.7 Å². The number of hydrogen-bond acceptors (Lipinski definition) is 2. The van der Waals surface area contributed by atoms with Gasteiger partial charge >= 0.3 is 5.97 Å². The average molecular weight is 216 g/mol. The topological polar surface area (TPSA) is 26.3 Å². The van der Waals surface area contributed by atoms with E-state index in [2.05, 4.69) is 13.0 Å². The van der Waals surface area contributed by atoms with Crippen molar-refractivity contribution < 1.29 is 9.53 Å². The largest absolute Gasteiger partial charge is 0.465 e. The summed E-state index contributed by atoms with van der Waals surface area (Å²) in [5.74, 6) is -0.256. The summed E-state index contributed by atoms with van der Waals surface area (Å²) in [4.78, 5) is 11.4. The minimum atomic E-state index is -0.256. The summed E-state index contributed by atoms with van der Waals surface area (Å²) in [6.45, 7) is 2.13. The average Bonchev–Trinajstić information content (AvgIpc) is 2.50. The molecule has 0 heterocycles. The van der Waals surface area contributed by atoms with E-state index in [4.69, 9.17) is 4.74 Å². The molecule has 0 N–H and O–H groups in total. The first-order valence-corrected chi connectivity index (χ1v) is 5.61. The molecule has 0 atom stereocenters. The molecular weight excluding hydrogens is 200 g/mol. The van der Waals surface area contributed by atoms with Crippen LogP contribution in [0.15, 0.2) is 24.3 Å². The van der Waals surface area contributed by atoms with Crippen molar-refractivity contribution in [1.82, 2.24) is 0 Å². The Labute approximate surface area is 95.9 Å². The van der Waals surface area contributed by atoms with Gasteiger partial charge in [-0.2, -0.15) is 0 Å². The summed E-state index contributed by atoms with van der Waals surface area (Å²) in [7, 11) is 1.42. The van der Waals surface area contributed by atoms with E-state index in [9.17, 15) is 4.79 Å². The lowest BCUT2D eigenvalue weighted by Gasteiger charge is -2.09. The van der Waals surface area contributed by atoms with Gasteiger partial charge in [-0.1, -0.05) is 12.1 Å². The van der Waals surface area contributed by atoms with Crippen LogP contribution in [0.4, 0.5) is 0 Å². The number of carbonyl (C=O) groups excluding carboxylic acids is 1. The molecule has 1 aromatic rings. The highest BCUT2D eigenvalue weighted by Crippen LogP contribution is 2.26. The number of fused-ring (bicyclic) bond motifs is 1. The summed E-state index contributed by atoms with van der Waals surface area (Å²) in [6, 6.07) is 5.83. The molecule has 0 radical (unpaired) electrons. The highest BCUT2D eigenvalue weighted by molar-refractivity contribution is 5.90. The normalized spacial score (nSPS) is 14.8. The van der Waals surface area contributed by atoms with Crippen LogP contribution in [0.5, 0.6) is 0 Å². The van der Waals surface area contributed by atoms with Gasteiger partial charge in [-0.3, -0.25) is 0 Å². The van der Waals surface area contributed by atoms with Gasteiger partial charge in [0, 0.05) is 0 Å². The second-order valence-electron chi connectivity index (χ2n) is 4.14. The molecule has 0 spiro atoms. The summed E-state index contributed by atoms with van der Waals surface area (Å²) in [5.41, 5.74) is 4.49. The van der Waals surface area contributed by atoms with Crippen molar-refractivity contribution in [3.8, 4) is 0 Å². The van der Waals surface area contributed by atoms with Crippen molar-refractivity contribution in [2.24, 2.45) is 0 Å². The Bertz CT molecular complexity index is 444. The number of carbonyl (C=O) groups is 1. The van der Waals surface area contributed by atoms with Gasteiger partial charge in [0.1, 0.15) is 0 Å². The fraction of sp³-hybridized carbons (Fsp3) is 0.357. The van der Waals surface area contributed by atoms with Crippen molar-refractivity contribution >= 4 is 11.5 Å². The van der Waals surface area contributed by atoms with Gasteiger partial charge in [0.2, 0.25) is 0 Å². The SMILES string of the molecule is COC(=O)c1ccc2c(c1)CCCC=C2C. The zero-order chi connectivity index (χ0) is 11.5. The van der Waals surface area contributed by atoms with Crippen molar-refractivity contribution in [2.75, 3.05) is 7.11 Å². The Balaban J connectivity index is 2.43. The molecule has 1 aromatic carbocycles. The summed E-state index contributed by atoms with van der Waals surface area (Å²) < 4.78 is 4.73. The molecule has 1 aliphatic rings. The molecule has 1 aliphatic carbocycles. The maximum absolute atomic E-state index is 11.4. The second-order valence-corrected chi connectivity index (χ2v) is 4.14. The Morgan fingerprint density at radius 2 is 2.19 bits per heavy atom. The van der Waals surface area contributed by atoms with Crippen molar-refractivity contribution in [1.29, 1.82) is 0 Å². The van der Waals surface area contributed by atoms with Crippen molar-refractivity contribution in [2.45, 2.75) is 26.2 Å². The number of rotatable bonds is 1. The van der Waals surface area contributed by atoms with Gasteiger partial charge in [-0.25, -0.2) is 4.79 Å². The molecule has 0 bridgehead atoms. The van der Waals surface area contributed by atoms with Gasteiger partial charge in [-0.15, -0.1) is 0 Å². The lowest BCUT2D eigenvalue weighted by molar-refractivity contribution is 0.0600. The van der Waals surface area contributed by atoms with Crippen LogP contribution in [0, 0.1) is 0 Å². The van der Waals surface area contributed by atoms with Crippen LogP contribution in [0.3, 0.4) is 0 Å². The Hall–Kier alpha value is -1.57. The van der Waals surface area contributed by atoms with Crippen LogP contribution in [0.25, 0.3) is 5.57 Å². The van der Waals surface area contributed by atoms with Crippen LogP contribution in [0.1, 0.15) is 41.3 Å². The number of methoxy groups -OCH3 is 1. The standard InChI is InChI=1S/C14H16O2/c1-10-5-3-4-6-11-9-12(14(15)16-2)7-8-13(10)11/h5,7-9H,3-4,6H2,1-2H3. The van der Waals surface area contributed by atoms with Gasteiger partial charge in [0.25, 0.3) is 0 Å². The van der Waals surface area contributed by atoms with Crippen LogP contribution < -0.4 is 0 Å². The van der Waals surface area contributed by atoms with E-state index < -0.39 is 0 Å². The minimum Gasteiger partial charge on any atom is -0.465 e. The van der Waals surface area contributed by atoms with Crippen molar-refractivity contribution in [3.05, 3.63) is 41.0 Å². The highest BCUT2D eigenvalue weighted by Gasteiger charge is 2.12. The lowest BCUT2D eigenvalue weighted by atomic mass is 9.97. The molecular formula is C14H16O2. The number of hydrogen-bond donors (Lipinski definition) is 0. The molecule has 0 aromatic heterocycles. The van der Waals surface area contributed by atoms with E-state index in [1.54, 1.807) is 0 Å². The molecule has 0 fully saturated rings. The van der Waals surface area contributed by atoms with E-state index in [0.29, 0.717) is 5.56 Å². The summed E-state index contributed by atoms with van der Waals surface area (Å²) >= 11 is 0. The van der Waals surface area contributed by atoms with Crippen molar-refractivity contribution in [3.63, 3.8) is 0 Å². The fourth-order valence-corrected chi connectivity index (χ4v) is 2.15. The Kier molecular flexibility index (Phi) is 3.09. The fourth-order valence-electron chi connectivity index (χ4n) is 2.15. The lowest BCUT2D eigenvalue weighted by Crippen LogP contribution is -2.03. The quantitative estimate of drug-likeness (QED) is 0.674. The van der Waals surface area contributed by atoms with Gasteiger partial charge in [0.15, 0.2) is 0 Å². The molecule has 2 heteroatoms. The minimum absolute atomic E-state index is 0.256. The van der Waals surface area contributed by atoms with E-state index in [0.717, 1.165) is 19.3 Å². The molecule has 2 rings (SSSR count). The molecule has 0 amide bonds. The third-order valence-electron chi connectivity index (χ3n) is 3.05. The van der Waals surface area contributed by atoms with Crippen LogP contribution >= 0.6 is 0 Å². The Morgan fingerprint density at radius 3 is 2.94 bits per heavy atom. The molecule has 0 unspecified atom stereocenters. The number of ether oxygens (including phenoxy) is 1. The molecule has 0 saturated heterocycles. The van der Waals surface area contributed by atoms with E-state index in [1.807, 2.05) is 18.2 Å². The predicted octanol–water partition coefficient (Wildman–Crippen LogP) is 3.21. The van der Waals surface area contributed by atoms with E-state index in [1.165, 1.54) is 23.8 Å². The highest BCUT2D eigenvalue weighted by atomic mass is 16.5. The summed E-state index contributed by atoms with van der Waals surface area (Å²) in [6.07, 6.45) is 5.57. The van der Waals surface area contributed by atoms with Crippen LogP contribution in [0.2, 0.25) is 0 Å². The molecule has 84 valence electrons. The maximum atomic E-state index is 11.4. The predicted molar refractivity (Wildman–Crippen MR) is 64.4 cm³/mol. The smallest absolute Gasteiger partial charge is 0.337 e. The maximum Gasteiger partial charge on any atom is 0.337 e. The molecule has 16 heavy (non-hydrogen) atoms. The number of allylic oxidation sites excluding steroid dienone is 2. The molecule has 0 aliphatic heterocycles. The first-order valence-electron chi connectivity index (χ1n) is 5.61. The van der Waals surface area contributed by atoms with Gasteiger partial charge in [-0.05, 0) is 55.0 Å². The van der Waals surface area contributed by atoms with Gasteiger partial charge < -0.3 is 4.74 Å². The first kappa shape index (κ1) is 10.9. The number of benzene rings is 1. The first-order chi connectivity index (χ1) is 7.72. The number of esters is 1.